The summed E-state index contributed by atoms with van der Waals surface area (Å²) in [6, 6.07) is 10.5. The predicted molar refractivity (Wildman–Crippen MR) is 65.7 cm³/mol. The molecule has 0 atom stereocenters. The second kappa shape index (κ2) is 5.59. The van der Waals surface area contributed by atoms with Gasteiger partial charge in [0.15, 0.2) is 0 Å². The number of hydrogen-bond donors (Lipinski definition) is 0. The third kappa shape index (κ3) is 3.26. The Morgan fingerprint density at radius 2 is 1.80 bits per heavy atom. The molecule has 0 aliphatic heterocycles. The maximum atomic E-state index is 4.24. The summed E-state index contributed by atoms with van der Waals surface area (Å²) in [4.78, 5) is 0. The third-order valence-corrected chi connectivity index (χ3v) is 4.47. The molecule has 15 heavy (non-hydrogen) atoms. The molecule has 0 unspecified atom stereocenters. The fourth-order valence-electron chi connectivity index (χ4n) is 1.31. The van der Waals surface area contributed by atoms with E-state index in [0.717, 1.165) is 18.2 Å². The first kappa shape index (κ1) is 11.1. The van der Waals surface area contributed by atoms with Gasteiger partial charge in [-0.15, -0.1) is 0 Å². The van der Waals surface area contributed by atoms with Gasteiger partial charge in [-0.2, -0.15) is 0 Å². The summed E-state index contributed by atoms with van der Waals surface area (Å²) in [7, 11) is 0. The first-order valence-electron chi connectivity index (χ1n) is 4.79. The summed E-state index contributed by atoms with van der Waals surface area (Å²) in [6.07, 6.45) is 1.98. The van der Waals surface area contributed by atoms with Crippen LogP contribution in [0.2, 0.25) is 0 Å². The fourth-order valence-corrected chi connectivity index (χ4v) is 4.12. The van der Waals surface area contributed by atoms with Crippen molar-refractivity contribution < 1.29 is 0 Å². The second-order valence-electron chi connectivity index (χ2n) is 3.19. The van der Waals surface area contributed by atoms with Crippen LogP contribution < -0.4 is 0 Å². The predicted octanol–water partition coefficient (Wildman–Crippen LogP) is 2.06. The van der Waals surface area contributed by atoms with Crippen LogP contribution in [-0.4, -0.2) is 30.0 Å². The Bertz CT molecular complexity index is 414. The normalized spacial score (nSPS) is 10.5. The number of halogens is 1. The van der Waals surface area contributed by atoms with Crippen LogP contribution in [0.3, 0.4) is 0 Å². The zero-order valence-electron chi connectivity index (χ0n) is 8.19. The van der Waals surface area contributed by atoms with E-state index in [-0.39, 0.29) is 0 Å². The molecule has 0 saturated heterocycles. The molecule has 0 radical (unpaired) electrons. The van der Waals surface area contributed by atoms with E-state index >= 15 is 0 Å². The summed E-state index contributed by atoms with van der Waals surface area (Å²) < 4.78 is 2.50. The molecule has 0 amide bonds. The van der Waals surface area contributed by atoms with Crippen molar-refractivity contribution >= 4 is 30.4 Å². The summed E-state index contributed by atoms with van der Waals surface area (Å²) in [5.41, 5.74) is 1.33. The van der Waals surface area contributed by atoms with Crippen molar-refractivity contribution in [2.24, 2.45) is 0 Å². The van der Waals surface area contributed by atoms with Crippen molar-refractivity contribution in [3.63, 3.8) is 0 Å². The van der Waals surface area contributed by atoms with Gasteiger partial charge in [-0.1, -0.05) is 0 Å². The van der Waals surface area contributed by atoms with Gasteiger partial charge in [0.05, 0.1) is 0 Å². The molecule has 0 saturated carbocycles. The van der Waals surface area contributed by atoms with Gasteiger partial charge in [-0.3, -0.25) is 0 Å². The van der Waals surface area contributed by atoms with Gasteiger partial charge in [0.2, 0.25) is 0 Å². The summed E-state index contributed by atoms with van der Waals surface area (Å²) >= 11 is 3.80. The van der Waals surface area contributed by atoms with Crippen molar-refractivity contribution in [3.8, 4) is 0 Å². The van der Waals surface area contributed by atoms with Crippen LogP contribution in [0, 0.1) is 0 Å². The molecule has 78 valence electrons. The molecular weight excluding hydrogens is 319 g/mol. The maximum absolute atomic E-state index is 4.24. The molecule has 2 rings (SSSR count). The van der Waals surface area contributed by atoms with Crippen LogP contribution in [0.4, 0.5) is 0 Å². The topological polar surface area (TPSA) is 25.8 Å². The van der Waals surface area contributed by atoms with E-state index < -0.39 is 0 Å². The van der Waals surface area contributed by atoms with Crippen molar-refractivity contribution in [1.82, 2.24) is 10.2 Å². The number of aryl methyl sites for hydroxylation is 1. The van der Waals surface area contributed by atoms with Crippen LogP contribution in [0.25, 0.3) is 0 Å². The number of nitrogens with zero attached hydrogens (tertiary/aromatic N) is 2. The molecule has 1 aromatic carbocycles. The first-order chi connectivity index (χ1) is 7.38. The SMILES string of the molecule is BrCCc1nnc(Cc2ccccc2)[se]1. The van der Waals surface area contributed by atoms with Gasteiger partial charge in [-0.25, -0.2) is 0 Å². The molecule has 0 fully saturated rings. The second-order valence-corrected chi connectivity index (χ2v) is 6.39. The average Bonchev–Trinajstić information content (AvgIpc) is 2.68. The van der Waals surface area contributed by atoms with Crippen LogP contribution in [0.1, 0.15) is 14.7 Å². The van der Waals surface area contributed by atoms with Gasteiger partial charge in [-0.05, 0) is 0 Å². The molecule has 0 N–H and O–H groups in total. The molecule has 4 heteroatoms. The third-order valence-electron chi connectivity index (χ3n) is 2.02. The minimum atomic E-state index is 0.379. The molecule has 0 spiro atoms. The first-order valence-corrected chi connectivity index (χ1v) is 7.63. The Morgan fingerprint density at radius 1 is 1.07 bits per heavy atom. The Labute approximate surface area is 104 Å². The standard InChI is InChI=1S/C11H11BrN2Se/c12-7-6-10-13-14-11(15-10)8-9-4-2-1-3-5-9/h1-5H,6-8H2. The molecule has 1 aromatic heterocycles. The molecule has 2 nitrogen and oxygen atoms in total. The van der Waals surface area contributed by atoms with Gasteiger partial charge in [0, 0.05) is 0 Å². The number of hydrogen-bond acceptors (Lipinski definition) is 2. The van der Waals surface area contributed by atoms with E-state index in [9.17, 15) is 0 Å². The van der Waals surface area contributed by atoms with E-state index in [1.807, 2.05) is 6.07 Å². The van der Waals surface area contributed by atoms with Crippen molar-refractivity contribution in [2.45, 2.75) is 12.8 Å². The Kier molecular flexibility index (Phi) is 4.12. The van der Waals surface area contributed by atoms with Gasteiger partial charge in [0.1, 0.15) is 0 Å². The Morgan fingerprint density at radius 3 is 2.53 bits per heavy atom. The monoisotopic (exact) mass is 330 g/mol. The molecule has 0 aliphatic rings. The van der Waals surface area contributed by atoms with E-state index in [1.165, 1.54) is 14.7 Å². The number of aromatic nitrogens is 2. The summed E-state index contributed by atoms with van der Waals surface area (Å²) in [6.45, 7) is 0. The van der Waals surface area contributed by atoms with E-state index in [2.05, 4.69) is 50.4 Å². The fraction of sp³-hybridized carbons (Fsp3) is 0.273. The minimum absolute atomic E-state index is 0.379. The van der Waals surface area contributed by atoms with Crippen LogP contribution >= 0.6 is 15.9 Å². The number of benzene rings is 1. The number of rotatable bonds is 4. The quantitative estimate of drug-likeness (QED) is 0.634. The molecule has 1 heterocycles. The van der Waals surface area contributed by atoms with Crippen molar-refractivity contribution in [1.29, 1.82) is 0 Å². The molecule has 2 aromatic rings. The van der Waals surface area contributed by atoms with Crippen molar-refractivity contribution in [2.75, 3.05) is 5.33 Å². The van der Waals surface area contributed by atoms with E-state index in [1.54, 1.807) is 0 Å². The average molecular weight is 330 g/mol. The van der Waals surface area contributed by atoms with Crippen LogP contribution in [0.5, 0.6) is 0 Å². The van der Waals surface area contributed by atoms with Gasteiger partial charge >= 0.3 is 104 Å². The molecule has 0 bridgehead atoms. The van der Waals surface area contributed by atoms with E-state index in [4.69, 9.17) is 0 Å². The zero-order chi connectivity index (χ0) is 10.5. The Balaban J connectivity index is 2.05. The zero-order valence-corrected chi connectivity index (χ0v) is 11.5. The number of alkyl halides is 1. The van der Waals surface area contributed by atoms with Crippen LogP contribution in [-0.2, 0) is 12.8 Å². The van der Waals surface area contributed by atoms with E-state index in [0.29, 0.717) is 14.5 Å². The van der Waals surface area contributed by atoms with Crippen LogP contribution in [0.15, 0.2) is 30.3 Å². The molecular formula is C11H11BrN2Se. The molecule has 0 aliphatic carbocycles. The Hall–Kier alpha value is -0.441. The summed E-state index contributed by atoms with van der Waals surface area (Å²) in [5, 5.41) is 9.44. The van der Waals surface area contributed by atoms with Crippen molar-refractivity contribution in [3.05, 3.63) is 45.0 Å². The summed E-state index contributed by atoms with van der Waals surface area (Å²) in [5.74, 6) is 0. The van der Waals surface area contributed by atoms with Gasteiger partial charge < -0.3 is 0 Å². The van der Waals surface area contributed by atoms with Gasteiger partial charge in [0.25, 0.3) is 0 Å².